The first kappa shape index (κ1) is 10.2. The maximum atomic E-state index is 10.5. The van der Waals surface area contributed by atoms with E-state index in [0.29, 0.717) is 12.2 Å². The van der Waals surface area contributed by atoms with Crippen LogP contribution in [0.15, 0.2) is 24.5 Å². The second kappa shape index (κ2) is 5.01. The summed E-state index contributed by atoms with van der Waals surface area (Å²) in [4.78, 5) is 14.4. The molecular weight excluding hydrogens is 178 g/mol. The van der Waals surface area contributed by atoms with E-state index in [9.17, 15) is 4.79 Å². The average molecular weight is 191 g/mol. The maximum absolute atomic E-state index is 10.5. The summed E-state index contributed by atoms with van der Waals surface area (Å²) in [5, 5.41) is 2.65. The number of hydrogen-bond donors (Lipinski definition) is 2. The van der Waals surface area contributed by atoms with Crippen LogP contribution in [0.4, 0.5) is 5.69 Å². The number of pyridine rings is 1. The molecule has 0 saturated heterocycles. The van der Waals surface area contributed by atoms with Crippen LogP contribution in [0.1, 0.15) is 12.5 Å². The standard InChI is InChI=1S/C10H13N3O/c1-8(14)13-5-2-3-9-4-6-12-7-10(9)11/h2-4,6-7H,5,11H2,1H3,(H,13,14). The number of nitrogen functional groups attached to an aromatic ring is 1. The van der Waals surface area contributed by atoms with Crippen LogP contribution in [-0.2, 0) is 4.79 Å². The lowest BCUT2D eigenvalue weighted by Crippen LogP contribution is -2.19. The quantitative estimate of drug-likeness (QED) is 0.743. The molecule has 1 amide bonds. The first-order valence-corrected chi connectivity index (χ1v) is 4.30. The molecule has 0 saturated carbocycles. The molecule has 0 radical (unpaired) electrons. The van der Waals surface area contributed by atoms with Gasteiger partial charge in [0.15, 0.2) is 0 Å². The summed E-state index contributed by atoms with van der Waals surface area (Å²) in [5.41, 5.74) is 7.20. The molecule has 0 atom stereocenters. The molecule has 14 heavy (non-hydrogen) atoms. The Hall–Kier alpha value is -1.84. The van der Waals surface area contributed by atoms with Gasteiger partial charge in [0.25, 0.3) is 0 Å². The lowest BCUT2D eigenvalue weighted by molar-refractivity contribution is -0.118. The Morgan fingerprint density at radius 2 is 2.50 bits per heavy atom. The zero-order chi connectivity index (χ0) is 10.4. The topological polar surface area (TPSA) is 68.0 Å². The van der Waals surface area contributed by atoms with Crippen molar-refractivity contribution in [2.45, 2.75) is 6.92 Å². The molecule has 0 spiro atoms. The van der Waals surface area contributed by atoms with Crippen molar-refractivity contribution in [3.05, 3.63) is 30.1 Å². The minimum atomic E-state index is -0.0441. The molecule has 0 aliphatic heterocycles. The zero-order valence-electron chi connectivity index (χ0n) is 8.03. The fourth-order valence-corrected chi connectivity index (χ4v) is 0.958. The van der Waals surface area contributed by atoms with Gasteiger partial charge in [-0.3, -0.25) is 9.78 Å². The molecule has 74 valence electrons. The van der Waals surface area contributed by atoms with Crippen LogP contribution >= 0.6 is 0 Å². The van der Waals surface area contributed by atoms with Crippen LogP contribution in [-0.4, -0.2) is 17.4 Å². The molecule has 1 rings (SSSR count). The third-order valence-electron chi connectivity index (χ3n) is 1.65. The molecule has 1 aromatic heterocycles. The van der Waals surface area contributed by atoms with Gasteiger partial charge in [0.2, 0.25) is 5.91 Å². The highest BCUT2D eigenvalue weighted by atomic mass is 16.1. The van der Waals surface area contributed by atoms with E-state index in [1.54, 1.807) is 12.4 Å². The summed E-state index contributed by atoms with van der Waals surface area (Å²) >= 11 is 0. The number of nitrogens with zero attached hydrogens (tertiary/aromatic N) is 1. The number of amides is 1. The third-order valence-corrected chi connectivity index (χ3v) is 1.65. The van der Waals surface area contributed by atoms with Crippen LogP contribution < -0.4 is 11.1 Å². The van der Waals surface area contributed by atoms with E-state index < -0.39 is 0 Å². The normalized spacial score (nSPS) is 10.4. The molecular formula is C10H13N3O. The second-order valence-corrected chi connectivity index (χ2v) is 2.84. The SMILES string of the molecule is CC(=O)NCC=Cc1ccncc1N. The second-order valence-electron chi connectivity index (χ2n) is 2.84. The number of aromatic nitrogens is 1. The average Bonchev–Trinajstić information content (AvgIpc) is 2.15. The smallest absolute Gasteiger partial charge is 0.217 e. The van der Waals surface area contributed by atoms with Crippen LogP contribution in [0, 0.1) is 0 Å². The lowest BCUT2D eigenvalue weighted by atomic mass is 10.2. The van der Waals surface area contributed by atoms with Crippen molar-refractivity contribution in [1.82, 2.24) is 10.3 Å². The Morgan fingerprint density at radius 1 is 1.71 bits per heavy atom. The van der Waals surface area contributed by atoms with Crippen molar-refractivity contribution in [3.8, 4) is 0 Å². The summed E-state index contributed by atoms with van der Waals surface area (Å²) in [6, 6.07) is 1.82. The Kier molecular flexibility index (Phi) is 3.67. The predicted molar refractivity (Wildman–Crippen MR) is 56.4 cm³/mol. The van der Waals surface area contributed by atoms with Crippen LogP contribution in [0.25, 0.3) is 6.08 Å². The number of carbonyl (C=O) groups is 1. The minimum absolute atomic E-state index is 0.0441. The Labute approximate surface area is 82.8 Å². The van der Waals surface area contributed by atoms with Crippen molar-refractivity contribution in [2.24, 2.45) is 0 Å². The van der Waals surface area contributed by atoms with Gasteiger partial charge in [-0.1, -0.05) is 12.2 Å². The van der Waals surface area contributed by atoms with E-state index in [0.717, 1.165) is 5.56 Å². The van der Waals surface area contributed by atoms with Crippen LogP contribution in [0.5, 0.6) is 0 Å². The van der Waals surface area contributed by atoms with Gasteiger partial charge >= 0.3 is 0 Å². The van der Waals surface area contributed by atoms with Crippen molar-refractivity contribution in [3.63, 3.8) is 0 Å². The first-order chi connectivity index (χ1) is 6.70. The highest BCUT2D eigenvalue weighted by Gasteiger charge is 1.91. The Morgan fingerprint density at radius 3 is 3.14 bits per heavy atom. The van der Waals surface area contributed by atoms with Crippen molar-refractivity contribution < 1.29 is 4.79 Å². The van der Waals surface area contributed by atoms with Gasteiger partial charge in [-0.05, 0) is 6.07 Å². The monoisotopic (exact) mass is 191 g/mol. The zero-order valence-corrected chi connectivity index (χ0v) is 8.03. The molecule has 4 nitrogen and oxygen atoms in total. The molecule has 1 heterocycles. The van der Waals surface area contributed by atoms with Gasteiger partial charge < -0.3 is 11.1 Å². The molecule has 3 N–H and O–H groups in total. The van der Waals surface area contributed by atoms with Gasteiger partial charge in [-0.15, -0.1) is 0 Å². The van der Waals surface area contributed by atoms with E-state index in [2.05, 4.69) is 10.3 Å². The van der Waals surface area contributed by atoms with Crippen molar-refractivity contribution >= 4 is 17.7 Å². The molecule has 1 aromatic rings. The summed E-state index contributed by atoms with van der Waals surface area (Å²) in [6.07, 6.45) is 6.96. The number of carbonyl (C=O) groups excluding carboxylic acids is 1. The molecule has 0 aliphatic carbocycles. The predicted octanol–water partition coefficient (Wildman–Crippen LogP) is 0.813. The molecule has 0 aromatic carbocycles. The molecule has 0 bridgehead atoms. The van der Waals surface area contributed by atoms with Crippen molar-refractivity contribution in [1.29, 1.82) is 0 Å². The summed E-state index contributed by atoms with van der Waals surface area (Å²) in [6.45, 7) is 1.99. The van der Waals surface area contributed by atoms with E-state index in [-0.39, 0.29) is 5.91 Å². The minimum Gasteiger partial charge on any atom is -0.397 e. The lowest BCUT2D eigenvalue weighted by Gasteiger charge is -1.98. The van der Waals surface area contributed by atoms with Gasteiger partial charge in [-0.2, -0.15) is 0 Å². The van der Waals surface area contributed by atoms with Gasteiger partial charge in [-0.25, -0.2) is 0 Å². The number of hydrogen-bond acceptors (Lipinski definition) is 3. The first-order valence-electron chi connectivity index (χ1n) is 4.30. The highest BCUT2D eigenvalue weighted by molar-refractivity contribution is 5.73. The van der Waals surface area contributed by atoms with Crippen molar-refractivity contribution in [2.75, 3.05) is 12.3 Å². The van der Waals surface area contributed by atoms with Crippen LogP contribution in [0.2, 0.25) is 0 Å². The molecule has 0 fully saturated rings. The van der Waals surface area contributed by atoms with Gasteiger partial charge in [0.1, 0.15) is 0 Å². The highest BCUT2D eigenvalue weighted by Crippen LogP contribution is 2.09. The third kappa shape index (κ3) is 3.26. The van der Waals surface area contributed by atoms with E-state index in [1.165, 1.54) is 6.92 Å². The number of nitrogens with one attached hydrogen (secondary N) is 1. The molecule has 0 aliphatic rings. The fraction of sp³-hybridized carbons (Fsp3) is 0.200. The maximum Gasteiger partial charge on any atom is 0.217 e. The number of nitrogens with two attached hydrogens (primary N) is 1. The Bertz CT molecular complexity index is 347. The largest absolute Gasteiger partial charge is 0.397 e. The summed E-state index contributed by atoms with van der Waals surface area (Å²) in [7, 11) is 0. The molecule has 4 heteroatoms. The Balaban J connectivity index is 2.52. The number of anilines is 1. The van der Waals surface area contributed by atoms with E-state index >= 15 is 0 Å². The van der Waals surface area contributed by atoms with Gasteiger partial charge in [0.05, 0.1) is 11.9 Å². The molecule has 0 unspecified atom stereocenters. The van der Waals surface area contributed by atoms with E-state index in [1.807, 2.05) is 18.2 Å². The fourth-order valence-electron chi connectivity index (χ4n) is 0.958. The van der Waals surface area contributed by atoms with Crippen LogP contribution in [0.3, 0.4) is 0 Å². The summed E-state index contributed by atoms with van der Waals surface area (Å²) in [5.74, 6) is -0.0441. The van der Waals surface area contributed by atoms with Gasteiger partial charge in [0, 0.05) is 25.2 Å². The number of rotatable bonds is 3. The summed E-state index contributed by atoms with van der Waals surface area (Å²) < 4.78 is 0. The van der Waals surface area contributed by atoms with E-state index in [4.69, 9.17) is 5.73 Å².